The fourth-order valence-corrected chi connectivity index (χ4v) is 2.34. The van der Waals surface area contributed by atoms with Gasteiger partial charge in [0, 0.05) is 6.07 Å². The van der Waals surface area contributed by atoms with E-state index >= 15 is 0 Å². The summed E-state index contributed by atoms with van der Waals surface area (Å²) in [6.07, 6.45) is -1.27. The molecular weight excluding hydrogens is 354 g/mol. The molecule has 0 saturated heterocycles. The number of hydrogen-bond acceptors (Lipinski definition) is 8. The quantitative estimate of drug-likeness (QED) is 0.564. The van der Waals surface area contributed by atoms with E-state index in [2.05, 4.69) is 34.6 Å². The van der Waals surface area contributed by atoms with E-state index in [-0.39, 0.29) is 0 Å². The standard InChI is InChI=1S/C8H8N2O7S.C6H15N/c1-16-8(11)9-18(14,15)17-7-5-3-2-4-6(7)10(12)13;1-4-7(5-2)6-3/h2-5H,1H3,(H,9,11);4-6H2,1-3H3. The average molecular weight is 377 g/mol. The molecule has 0 atom stereocenters. The Bertz CT molecular complexity index is 655. The minimum Gasteiger partial charge on any atom is -0.452 e. The molecule has 0 aliphatic rings. The van der Waals surface area contributed by atoms with Crippen LogP contribution in [0.4, 0.5) is 10.5 Å². The first kappa shape index (κ1) is 22.6. The van der Waals surface area contributed by atoms with Gasteiger partial charge >= 0.3 is 22.1 Å². The van der Waals surface area contributed by atoms with Crippen LogP contribution in [0.15, 0.2) is 24.3 Å². The molecule has 0 radical (unpaired) electrons. The summed E-state index contributed by atoms with van der Waals surface area (Å²) in [5, 5.41) is 10.6. The lowest BCUT2D eigenvalue weighted by Gasteiger charge is -2.13. The highest BCUT2D eigenvalue weighted by Gasteiger charge is 2.22. The fourth-order valence-electron chi connectivity index (χ4n) is 1.63. The second kappa shape index (κ2) is 11.2. The number of rotatable bonds is 7. The topological polar surface area (TPSA) is 128 Å². The molecule has 1 amide bonds. The van der Waals surface area contributed by atoms with Crippen molar-refractivity contribution in [1.82, 2.24) is 9.62 Å². The Morgan fingerprint density at radius 1 is 1.20 bits per heavy atom. The largest absolute Gasteiger partial charge is 0.452 e. The fraction of sp³-hybridized carbons (Fsp3) is 0.500. The molecule has 1 N–H and O–H groups in total. The summed E-state index contributed by atoms with van der Waals surface area (Å²) in [7, 11) is -3.58. The van der Waals surface area contributed by atoms with Crippen molar-refractivity contribution in [2.24, 2.45) is 0 Å². The molecule has 0 unspecified atom stereocenters. The van der Waals surface area contributed by atoms with E-state index in [9.17, 15) is 23.3 Å². The Kier molecular flexibility index (Phi) is 10.1. The van der Waals surface area contributed by atoms with Gasteiger partial charge in [-0.3, -0.25) is 10.1 Å². The number of methoxy groups -OCH3 is 1. The zero-order valence-corrected chi connectivity index (χ0v) is 15.4. The molecule has 10 nitrogen and oxygen atoms in total. The number of nitrogens with one attached hydrogen (secondary N) is 1. The number of carbonyl (C=O) groups excluding carboxylic acids is 1. The number of benzene rings is 1. The Balaban J connectivity index is 0.000000697. The van der Waals surface area contributed by atoms with Crippen LogP contribution < -0.4 is 8.91 Å². The normalized spacial score (nSPS) is 10.4. The lowest BCUT2D eigenvalue weighted by Crippen LogP contribution is -2.33. The third-order valence-electron chi connectivity index (χ3n) is 3.00. The highest BCUT2D eigenvalue weighted by Crippen LogP contribution is 2.26. The molecule has 0 aliphatic heterocycles. The summed E-state index contributed by atoms with van der Waals surface area (Å²) in [5.74, 6) is -0.515. The lowest BCUT2D eigenvalue weighted by atomic mass is 10.3. The number of nitrogens with zero attached hydrogens (tertiary/aromatic N) is 2. The van der Waals surface area contributed by atoms with Gasteiger partial charge in [-0.05, 0) is 25.7 Å². The molecule has 0 saturated carbocycles. The molecule has 0 aromatic heterocycles. The van der Waals surface area contributed by atoms with Crippen LogP contribution >= 0.6 is 0 Å². The van der Waals surface area contributed by atoms with Gasteiger partial charge in [-0.25, -0.2) is 4.79 Å². The number of nitro benzene ring substituents is 1. The number of ether oxygens (including phenoxy) is 1. The van der Waals surface area contributed by atoms with Crippen molar-refractivity contribution in [3.05, 3.63) is 34.4 Å². The summed E-state index contributed by atoms with van der Waals surface area (Å²) in [5.41, 5.74) is -0.548. The van der Waals surface area contributed by atoms with Crippen molar-refractivity contribution in [1.29, 1.82) is 0 Å². The maximum Gasteiger partial charge on any atom is 0.423 e. The van der Waals surface area contributed by atoms with E-state index in [4.69, 9.17) is 0 Å². The van der Waals surface area contributed by atoms with Gasteiger partial charge < -0.3 is 13.8 Å². The Hall–Kier alpha value is -2.40. The maximum atomic E-state index is 11.3. The molecule has 1 rings (SSSR count). The van der Waals surface area contributed by atoms with Gasteiger partial charge in [0.25, 0.3) is 0 Å². The third-order valence-corrected chi connectivity index (χ3v) is 3.81. The van der Waals surface area contributed by atoms with Gasteiger partial charge in [-0.2, -0.15) is 13.1 Å². The Labute approximate surface area is 147 Å². The van der Waals surface area contributed by atoms with Crippen molar-refractivity contribution < 1.29 is 27.1 Å². The first-order valence-electron chi connectivity index (χ1n) is 7.46. The Morgan fingerprint density at radius 3 is 2.12 bits per heavy atom. The van der Waals surface area contributed by atoms with E-state index in [1.807, 2.05) is 0 Å². The number of carbonyl (C=O) groups is 1. The van der Waals surface area contributed by atoms with Crippen LogP contribution in [0.5, 0.6) is 5.75 Å². The molecule has 0 bridgehead atoms. The highest BCUT2D eigenvalue weighted by atomic mass is 32.2. The summed E-state index contributed by atoms with van der Waals surface area (Å²) in [6.45, 7) is 10.1. The SMILES string of the molecule is CCN(CC)CC.COC(=O)NS(=O)(=O)Oc1ccccc1[N+](=O)[O-]. The van der Waals surface area contributed by atoms with Gasteiger partial charge in [0.15, 0.2) is 0 Å². The number of hydrogen-bond donors (Lipinski definition) is 1. The molecular formula is C14H23N3O7S. The minimum atomic E-state index is -4.53. The van der Waals surface area contributed by atoms with Crippen molar-refractivity contribution in [3.63, 3.8) is 0 Å². The van der Waals surface area contributed by atoms with Gasteiger partial charge in [0.1, 0.15) is 0 Å². The van der Waals surface area contributed by atoms with Crippen LogP contribution in [0.1, 0.15) is 20.8 Å². The molecule has 1 aromatic rings. The van der Waals surface area contributed by atoms with E-state index in [0.717, 1.165) is 19.2 Å². The van der Waals surface area contributed by atoms with Crippen LogP contribution in [-0.4, -0.2) is 51.1 Å². The van der Waals surface area contributed by atoms with E-state index < -0.39 is 32.8 Å². The Morgan fingerprint density at radius 2 is 1.72 bits per heavy atom. The van der Waals surface area contributed by atoms with Crippen LogP contribution in [0.3, 0.4) is 0 Å². The first-order chi connectivity index (χ1) is 11.7. The van der Waals surface area contributed by atoms with Gasteiger partial charge in [0.05, 0.1) is 12.0 Å². The summed E-state index contributed by atoms with van der Waals surface area (Å²) >= 11 is 0. The van der Waals surface area contributed by atoms with Crippen LogP contribution in [0.2, 0.25) is 0 Å². The zero-order chi connectivity index (χ0) is 19.5. The molecule has 0 aliphatic carbocycles. The predicted octanol–water partition coefficient (Wildman–Crippen LogP) is 1.92. The number of nitro groups is 1. The summed E-state index contributed by atoms with van der Waals surface area (Å²) < 4.78 is 32.4. The van der Waals surface area contributed by atoms with E-state index in [0.29, 0.717) is 0 Å². The van der Waals surface area contributed by atoms with Crippen molar-refractivity contribution in [3.8, 4) is 5.75 Å². The molecule has 25 heavy (non-hydrogen) atoms. The second-order valence-electron chi connectivity index (χ2n) is 4.48. The minimum absolute atomic E-state index is 0.515. The van der Waals surface area contributed by atoms with Gasteiger partial charge in [-0.1, -0.05) is 32.9 Å². The molecule has 0 spiro atoms. The van der Waals surface area contributed by atoms with Gasteiger partial charge in [0.2, 0.25) is 5.75 Å². The third kappa shape index (κ3) is 8.86. The van der Waals surface area contributed by atoms with Crippen molar-refractivity contribution >= 4 is 22.1 Å². The predicted molar refractivity (Wildman–Crippen MR) is 91.6 cm³/mol. The monoisotopic (exact) mass is 377 g/mol. The number of amides is 1. The average Bonchev–Trinajstić information content (AvgIpc) is 2.56. The van der Waals surface area contributed by atoms with Crippen LogP contribution in [0.25, 0.3) is 0 Å². The van der Waals surface area contributed by atoms with Gasteiger partial charge in [-0.15, -0.1) is 0 Å². The molecule has 142 valence electrons. The zero-order valence-electron chi connectivity index (χ0n) is 14.6. The molecule has 1 aromatic carbocycles. The second-order valence-corrected chi connectivity index (χ2v) is 5.75. The lowest BCUT2D eigenvalue weighted by molar-refractivity contribution is -0.385. The van der Waals surface area contributed by atoms with E-state index in [1.54, 1.807) is 0 Å². The maximum absolute atomic E-state index is 11.3. The smallest absolute Gasteiger partial charge is 0.423 e. The molecule has 11 heteroatoms. The number of para-hydroxylation sites is 2. The summed E-state index contributed by atoms with van der Waals surface area (Å²) in [4.78, 5) is 22.9. The van der Waals surface area contributed by atoms with Crippen molar-refractivity contribution in [2.75, 3.05) is 26.7 Å². The van der Waals surface area contributed by atoms with Crippen LogP contribution in [-0.2, 0) is 15.0 Å². The summed E-state index contributed by atoms with van der Waals surface area (Å²) in [6, 6.07) is 4.82. The first-order valence-corrected chi connectivity index (χ1v) is 8.87. The van der Waals surface area contributed by atoms with E-state index in [1.165, 1.54) is 36.5 Å². The molecule has 0 heterocycles. The van der Waals surface area contributed by atoms with Crippen molar-refractivity contribution in [2.45, 2.75) is 20.8 Å². The molecule has 0 fully saturated rings. The highest BCUT2D eigenvalue weighted by molar-refractivity contribution is 7.85. The van der Waals surface area contributed by atoms with Crippen LogP contribution in [0, 0.1) is 10.1 Å².